The third-order valence-electron chi connectivity index (χ3n) is 4.02. The predicted molar refractivity (Wildman–Crippen MR) is 80.5 cm³/mol. The highest BCUT2D eigenvalue weighted by Gasteiger charge is 2.24. The fraction of sp³-hybridized carbons (Fsp3) is 0.533. The van der Waals surface area contributed by atoms with Crippen molar-refractivity contribution in [3.8, 4) is 11.3 Å². The summed E-state index contributed by atoms with van der Waals surface area (Å²) in [7, 11) is 1.85. The number of aryl methyl sites for hydroxylation is 2. The van der Waals surface area contributed by atoms with E-state index in [4.69, 9.17) is 0 Å². The standard InChI is InChI=1S/C15H22N4O2/c1-6-11(7-2)19-8-12(15(20)21)14(17-19)13-9(3)16-18(5)10(13)4/h8,11H,6-7H2,1-5H3,(H,20,21). The minimum Gasteiger partial charge on any atom is -0.478 e. The first-order chi connectivity index (χ1) is 9.90. The van der Waals surface area contributed by atoms with Gasteiger partial charge in [-0.05, 0) is 26.7 Å². The lowest BCUT2D eigenvalue weighted by Crippen LogP contribution is -2.07. The van der Waals surface area contributed by atoms with Crippen LogP contribution in [0.3, 0.4) is 0 Å². The number of aromatic carboxylic acids is 1. The van der Waals surface area contributed by atoms with E-state index >= 15 is 0 Å². The first-order valence-corrected chi connectivity index (χ1v) is 7.23. The molecule has 0 fully saturated rings. The van der Waals surface area contributed by atoms with Crippen LogP contribution in [0.25, 0.3) is 11.3 Å². The molecule has 0 bridgehead atoms. The number of aromatic nitrogens is 4. The number of nitrogens with zero attached hydrogens (tertiary/aromatic N) is 4. The summed E-state index contributed by atoms with van der Waals surface area (Å²) in [5.41, 5.74) is 3.29. The molecular weight excluding hydrogens is 268 g/mol. The van der Waals surface area contributed by atoms with Gasteiger partial charge in [0.15, 0.2) is 0 Å². The molecule has 21 heavy (non-hydrogen) atoms. The maximum Gasteiger partial charge on any atom is 0.339 e. The van der Waals surface area contributed by atoms with E-state index in [2.05, 4.69) is 24.0 Å². The molecule has 0 spiro atoms. The topological polar surface area (TPSA) is 72.9 Å². The van der Waals surface area contributed by atoms with E-state index in [1.54, 1.807) is 15.6 Å². The van der Waals surface area contributed by atoms with Gasteiger partial charge < -0.3 is 5.11 Å². The lowest BCUT2D eigenvalue weighted by atomic mass is 10.1. The normalized spacial score (nSPS) is 11.3. The molecule has 0 aliphatic heterocycles. The number of rotatable bonds is 5. The Labute approximate surface area is 124 Å². The smallest absolute Gasteiger partial charge is 0.339 e. The molecule has 0 aliphatic carbocycles. The zero-order chi connectivity index (χ0) is 15.7. The quantitative estimate of drug-likeness (QED) is 0.918. The lowest BCUT2D eigenvalue weighted by Gasteiger charge is -2.12. The van der Waals surface area contributed by atoms with Crippen molar-refractivity contribution in [2.45, 2.75) is 46.6 Å². The summed E-state index contributed by atoms with van der Waals surface area (Å²) in [6, 6.07) is 0.217. The molecule has 0 aromatic carbocycles. The third-order valence-corrected chi connectivity index (χ3v) is 4.02. The summed E-state index contributed by atoms with van der Waals surface area (Å²) in [4.78, 5) is 11.6. The summed E-state index contributed by atoms with van der Waals surface area (Å²) in [5, 5.41) is 18.4. The Balaban J connectivity index is 2.64. The SMILES string of the molecule is CCC(CC)n1cc(C(=O)O)c(-c2c(C)nn(C)c2C)n1. The Morgan fingerprint density at radius 3 is 2.33 bits per heavy atom. The minimum absolute atomic E-state index is 0.217. The van der Waals surface area contributed by atoms with Crippen LogP contribution in [0.2, 0.25) is 0 Å². The van der Waals surface area contributed by atoms with E-state index < -0.39 is 5.97 Å². The average Bonchev–Trinajstić information content (AvgIpc) is 2.94. The summed E-state index contributed by atoms with van der Waals surface area (Å²) in [6.07, 6.45) is 3.48. The van der Waals surface area contributed by atoms with Crippen LogP contribution in [0.4, 0.5) is 0 Å². The van der Waals surface area contributed by atoms with Crippen molar-refractivity contribution in [1.29, 1.82) is 0 Å². The van der Waals surface area contributed by atoms with Crippen molar-refractivity contribution in [3.63, 3.8) is 0 Å². The summed E-state index contributed by atoms with van der Waals surface area (Å²) < 4.78 is 3.54. The summed E-state index contributed by atoms with van der Waals surface area (Å²) in [5.74, 6) is -0.954. The molecule has 0 unspecified atom stereocenters. The van der Waals surface area contributed by atoms with Gasteiger partial charge in [-0.2, -0.15) is 10.2 Å². The number of carboxylic acids is 1. The molecule has 0 saturated heterocycles. The molecule has 0 aliphatic rings. The van der Waals surface area contributed by atoms with Crippen LogP contribution in [0.15, 0.2) is 6.20 Å². The van der Waals surface area contributed by atoms with Crippen LogP contribution in [0, 0.1) is 13.8 Å². The molecule has 0 saturated carbocycles. The first-order valence-electron chi connectivity index (χ1n) is 7.23. The number of hydrogen-bond donors (Lipinski definition) is 1. The molecule has 2 rings (SSSR count). The molecule has 6 heteroatoms. The zero-order valence-corrected chi connectivity index (χ0v) is 13.2. The number of carboxylic acid groups (broad SMARTS) is 1. The van der Waals surface area contributed by atoms with E-state index in [1.807, 2.05) is 20.9 Å². The fourth-order valence-electron chi connectivity index (χ4n) is 2.70. The van der Waals surface area contributed by atoms with Crippen LogP contribution < -0.4 is 0 Å². The van der Waals surface area contributed by atoms with Crippen LogP contribution in [0.5, 0.6) is 0 Å². The third kappa shape index (κ3) is 2.57. The molecule has 6 nitrogen and oxygen atoms in total. The maximum absolute atomic E-state index is 11.6. The Hall–Kier alpha value is -2.11. The highest BCUT2D eigenvalue weighted by Crippen LogP contribution is 2.30. The second-order valence-corrected chi connectivity index (χ2v) is 5.32. The van der Waals surface area contributed by atoms with Gasteiger partial charge in [-0.1, -0.05) is 13.8 Å². The predicted octanol–water partition coefficient (Wildman–Crippen LogP) is 2.96. The van der Waals surface area contributed by atoms with Crippen LogP contribution in [0.1, 0.15) is 54.5 Å². The maximum atomic E-state index is 11.6. The van der Waals surface area contributed by atoms with Crippen LogP contribution in [-0.2, 0) is 7.05 Å². The minimum atomic E-state index is -0.954. The second kappa shape index (κ2) is 5.71. The van der Waals surface area contributed by atoms with E-state index in [-0.39, 0.29) is 11.6 Å². The Bertz CT molecular complexity index is 666. The Morgan fingerprint density at radius 2 is 1.90 bits per heavy atom. The van der Waals surface area contributed by atoms with Crippen molar-refractivity contribution in [3.05, 3.63) is 23.1 Å². The van der Waals surface area contributed by atoms with Gasteiger partial charge in [0, 0.05) is 24.5 Å². The van der Waals surface area contributed by atoms with Crippen molar-refractivity contribution in [2.24, 2.45) is 7.05 Å². The van der Waals surface area contributed by atoms with Gasteiger partial charge >= 0.3 is 5.97 Å². The molecule has 0 atom stereocenters. The van der Waals surface area contributed by atoms with Gasteiger partial charge in [0.2, 0.25) is 0 Å². The van der Waals surface area contributed by atoms with Crippen molar-refractivity contribution in [2.75, 3.05) is 0 Å². The highest BCUT2D eigenvalue weighted by molar-refractivity contribution is 5.95. The number of carbonyl (C=O) groups is 1. The Morgan fingerprint density at radius 1 is 1.29 bits per heavy atom. The second-order valence-electron chi connectivity index (χ2n) is 5.32. The monoisotopic (exact) mass is 290 g/mol. The summed E-state index contributed by atoms with van der Waals surface area (Å²) >= 11 is 0. The van der Waals surface area contributed by atoms with E-state index in [1.165, 1.54) is 0 Å². The van der Waals surface area contributed by atoms with Gasteiger partial charge in [-0.25, -0.2) is 4.79 Å². The van der Waals surface area contributed by atoms with Gasteiger partial charge in [0.25, 0.3) is 0 Å². The van der Waals surface area contributed by atoms with Crippen LogP contribution in [-0.4, -0.2) is 30.6 Å². The van der Waals surface area contributed by atoms with Gasteiger partial charge in [-0.3, -0.25) is 9.36 Å². The lowest BCUT2D eigenvalue weighted by molar-refractivity contribution is 0.0697. The van der Waals surface area contributed by atoms with Crippen molar-refractivity contribution in [1.82, 2.24) is 19.6 Å². The molecule has 1 N–H and O–H groups in total. The molecule has 0 amide bonds. The number of hydrogen-bond acceptors (Lipinski definition) is 3. The molecule has 0 radical (unpaired) electrons. The molecule has 2 aromatic rings. The van der Waals surface area contributed by atoms with Gasteiger partial charge in [0.1, 0.15) is 11.3 Å². The van der Waals surface area contributed by atoms with E-state index in [0.717, 1.165) is 29.8 Å². The molecular formula is C15H22N4O2. The van der Waals surface area contributed by atoms with Gasteiger partial charge in [0.05, 0.1) is 11.7 Å². The molecule has 2 aromatic heterocycles. The van der Waals surface area contributed by atoms with Crippen molar-refractivity contribution < 1.29 is 9.90 Å². The zero-order valence-electron chi connectivity index (χ0n) is 13.2. The van der Waals surface area contributed by atoms with Crippen molar-refractivity contribution >= 4 is 5.97 Å². The molecule has 114 valence electrons. The van der Waals surface area contributed by atoms with Gasteiger partial charge in [-0.15, -0.1) is 0 Å². The Kier molecular flexibility index (Phi) is 4.16. The first kappa shape index (κ1) is 15.3. The highest BCUT2D eigenvalue weighted by atomic mass is 16.4. The fourth-order valence-corrected chi connectivity index (χ4v) is 2.70. The molecule has 2 heterocycles. The van der Waals surface area contributed by atoms with E-state index in [0.29, 0.717) is 5.69 Å². The largest absolute Gasteiger partial charge is 0.478 e. The van der Waals surface area contributed by atoms with E-state index in [9.17, 15) is 9.90 Å². The van der Waals surface area contributed by atoms with Crippen LogP contribution >= 0.6 is 0 Å². The average molecular weight is 290 g/mol. The summed E-state index contributed by atoms with van der Waals surface area (Å²) in [6.45, 7) is 7.97.